The molecule has 6 heteroatoms. The van der Waals surface area contributed by atoms with Crippen LogP contribution in [0, 0.1) is 12.7 Å². The molecule has 0 aromatic heterocycles. The van der Waals surface area contributed by atoms with E-state index in [4.69, 9.17) is 0 Å². The average molecular weight is 365 g/mol. The normalized spacial score (nSPS) is 10.2. The molecule has 0 aliphatic carbocycles. The highest BCUT2D eigenvalue weighted by atomic mass is 79.9. The minimum Gasteiger partial charge on any atom is -0.326 e. The van der Waals surface area contributed by atoms with E-state index in [1.54, 1.807) is 13.1 Å². The topological polar surface area (TPSA) is 49.4 Å². The third kappa shape index (κ3) is 3.01. The maximum absolute atomic E-state index is 13.8. The number of nitrogens with one attached hydrogen (secondary N) is 1. The molecule has 0 atom stereocenters. The lowest BCUT2D eigenvalue weighted by Gasteiger charge is -2.21. The monoisotopic (exact) mass is 364 g/mol. The van der Waals surface area contributed by atoms with Gasteiger partial charge in [-0.1, -0.05) is 28.1 Å². The van der Waals surface area contributed by atoms with Gasteiger partial charge < -0.3 is 10.2 Å². The Labute approximate surface area is 136 Å². The van der Waals surface area contributed by atoms with E-state index in [9.17, 15) is 14.0 Å². The fourth-order valence-corrected chi connectivity index (χ4v) is 2.51. The molecule has 0 fully saturated rings. The summed E-state index contributed by atoms with van der Waals surface area (Å²) >= 11 is 3.41. The Morgan fingerprint density at radius 1 is 1.27 bits per heavy atom. The summed E-state index contributed by atoms with van der Waals surface area (Å²) < 4.78 is 14.7. The van der Waals surface area contributed by atoms with Crippen LogP contribution in [-0.4, -0.2) is 19.4 Å². The van der Waals surface area contributed by atoms with Gasteiger partial charge in [0.1, 0.15) is 5.82 Å². The van der Waals surface area contributed by atoms with Gasteiger partial charge in [0, 0.05) is 17.2 Å². The number of hydrogen-bond donors (Lipinski definition) is 1. The minimum atomic E-state index is -0.655. The molecule has 4 nitrogen and oxygen atoms in total. The molecular formula is C16H14BrFN2O2. The highest BCUT2D eigenvalue weighted by Gasteiger charge is 2.20. The molecule has 2 amide bonds. The number of para-hydroxylation sites is 1. The molecular weight excluding hydrogens is 351 g/mol. The number of benzene rings is 2. The average Bonchev–Trinajstić information content (AvgIpc) is 2.51. The largest absolute Gasteiger partial charge is 0.326 e. The quantitative estimate of drug-likeness (QED) is 0.840. The summed E-state index contributed by atoms with van der Waals surface area (Å²) in [7, 11) is 1.60. The van der Waals surface area contributed by atoms with Crippen molar-refractivity contribution in [3.63, 3.8) is 0 Å². The summed E-state index contributed by atoms with van der Waals surface area (Å²) in [5.41, 5.74) is 1.55. The molecule has 22 heavy (non-hydrogen) atoms. The Balaban J connectivity index is 2.46. The highest BCUT2D eigenvalue weighted by molar-refractivity contribution is 9.10. The van der Waals surface area contributed by atoms with Crippen molar-refractivity contribution >= 4 is 39.6 Å². The summed E-state index contributed by atoms with van der Waals surface area (Å²) in [6.45, 7) is 1.87. The van der Waals surface area contributed by atoms with Crippen molar-refractivity contribution in [2.45, 2.75) is 6.92 Å². The van der Waals surface area contributed by atoms with E-state index < -0.39 is 11.7 Å². The summed E-state index contributed by atoms with van der Waals surface area (Å²) in [4.78, 5) is 24.7. The number of hydrogen-bond acceptors (Lipinski definition) is 2. The Morgan fingerprint density at radius 3 is 2.64 bits per heavy atom. The van der Waals surface area contributed by atoms with Crippen LogP contribution in [-0.2, 0) is 4.79 Å². The maximum Gasteiger partial charge on any atom is 0.260 e. The van der Waals surface area contributed by atoms with E-state index in [1.165, 1.54) is 23.1 Å². The summed E-state index contributed by atoms with van der Waals surface area (Å²) in [6.07, 6.45) is 0.347. The van der Waals surface area contributed by atoms with Crippen molar-refractivity contribution in [1.82, 2.24) is 0 Å². The first-order valence-corrected chi connectivity index (χ1v) is 7.28. The standard InChI is InChI=1S/C16H14BrFN2O2/c1-10-12(17)6-4-8-14(10)20(2)16(22)11-5-3-7-13(18)15(11)19-9-21/h3-9H,1-2H3,(H,19,21). The number of carbonyl (C=O) groups excluding carboxylic acids is 2. The van der Waals surface area contributed by atoms with Crippen LogP contribution in [0.25, 0.3) is 0 Å². The lowest BCUT2D eigenvalue weighted by molar-refractivity contribution is -0.105. The first-order valence-electron chi connectivity index (χ1n) is 6.49. The minimum absolute atomic E-state index is 0.0916. The molecule has 0 saturated heterocycles. The Kier molecular flexibility index (Phi) is 4.92. The molecule has 0 unspecified atom stereocenters. The van der Waals surface area contributed by atoms with Crippen LogP contribution in [0.2, 0.25) is 0 Å². The fourth-order valence-electron chi connectivity index (χ4n) is 2.16. The number of nitrogens with zero attached hydrogens (tertiary/aromatic N) is 1. The third-order valence-electron chi connectivity index (χ3n) is 3.35. The second-order valence-electron chi connectivity index (χ2n) is 4.67. The molecule has 0 saturated carbocycles. The summed E-state index contributed by atoms with van der Waals surface area (Å²) in [6, 6.07) is 9.57. The molecule has 2 aromatic rings. The van der Waals surface area contributed by atoms with Gasteiger partial charge in [-0.05, 0) is 36.8 Å². The predicted octanol–water partition coefficient (Wildman–Crippen LogP) is 3.74. The third-order valence-corrected chi connectivity index (χ3v) is 4.21. The Morgan fingerprint density at radius 2 is 1.95 bits per heavy atom. The number of anilines is 2. The molecule has 0 aliphatic rings. The molecule has 2 rings (SSSR count). The molecule has 0 aliphatic heterocycles. The van der Waals surface area contributed by atoms with Crippen LogP contribution in [0.15, 0.2) is 40.9 Å². The van der Waals surface area contributed by atoms with Gasteiger partial charge in [0.05, 0.1) is 11.3 Å². The van der Waals surface area contributed by atoms with Gasteiger partial charge in [-0.15, -0.1) is 0 Å². The van der Waals surface area contributed by atoms with Crippen LogP contribution in [0.5, 0.6) is 0 Å². The van der Waals surface area contributed by atoms with Crippen molar-refractivity contribution < 1.29 is 14.0 Å². The maximum atomic E-state index is 13.8. The van der Waals surface area contributed by atoms with Crippen molar-refractivity contribution in [2.24, 2.45) is 0 Å². The zero-order chi connectivity index (χ0) is 16.3. The number of halogens is 2. The van der Waals surface area contributed by atoms with Gasteiger partial charge in [0.2, 0.25) is 6.41 Å². The van der Waals surface area contributed by atoms with E-state index in [2.05, 4.69) is 21.2 Å². The molecule has 0 bridgehead atoms. The SMILES string of the molecule is Cc1c(Br)cccc1N(C)C(=O)c1cccc(F)c1NC=O. The summed E-state index contributed by atoms with van der Waals surface area (Å²) in [5.74, 6) is -1.07. The molecule has 0 radical (unpaired) electrons. The van der Waals surface area contributed by atoms with Gasteiger partial charge in [-0.25, -0.2) is 4.39 Å². The van der Waals surface area contributed by atoms with E-state index in [0.717, 1.165) is 10.0 Å². The molecule has 0 spiro atoms. The van der Waals surface area contributed by atoms with Gasteiger partial charge in [0.15, 0.2) is 0 Å². The van der Waals surface area contributed by atoms with Gasteiger partial charge in [-0.3, -0.25) is 9.59 Å². The summed E-state index contributed by atoms with van der Waals surface area (Å²) in [5, 5.41) is 2.25. The molecule has 114 valence electrons. The number of rotatable bonds is 4. The Bertz CT molecular complexity index is 734. The van der Waals surface area contributed by atoms with Gasteiger partial charge >= 0.3 is 0 Å². The number of carbonyl (C=O) groups is 2. The van der Waals surface area contributed by atoms with E-state index >= 15 is 0 Å². The van der Waals surface area contributed by atoms with Crippen LogP contribution < -0.4 is 10.2 Å². The van der Waals surface area contributed by atoms with Crippen LogP contribution >= 0.6 is 15.9 Å². The Hall–Kier alpha value is -2.21. The first kappa shape index (κ1) is 16.2. The van der Waals surface area contributed by atoms with Crippen molar-refractivity contribution in [3.05, 3.63) is 57.8 Å². The predicted molar refractivity (Wildman–Crippen MR) is 87.7 cm³/mol. The van der Waals surface area contributed by atoms with Crippen molar-refractivity contribution in [2.75, 3.05) is 17.3 Å². The number of amides is 2. The first-order chi connectivity index (χ1) is 10.5. The van der Waals surface area contributed by atoms with Crippen LogP contribution in [0.3, 0.4) is 0 Å². The highest BCUT2D eigenvalue weighted by Crippen LogP contribution is 2.28. The molecule has 1 N–H and O–H groups in total. The fraction of sp³-hybridized carbons (Fsp3) is 0.125. The van der Waals surface area contributed by atoms with Crippen molar-refractivity contribution in [1.29, 1.82) is 0 Å². The molecule has 0 heterocycles. The second kappa shape index (κ2) is 6.70. The second-order valence-corrected chi connectivity index (χ2v) is 5.53. The van der Waals surface area contributed by atoms with Crippen molar-refractivity contribution in [3.8, 4) is 0 Å². The molecule has 2 aromatic carbocycles. The van der Waals surface area contributed by atoms with E-state index in [0.29, 0.717) is 12.1 Å². The lowest BCUT2D eigenvalue weighted by atomic mass is 10.1. The van der Waals surface area contributed by atoms with E-state index in [-0.39, 0.29) is 11.3 Å². The van der Waals surface area contributed by atoms with E-state index in [1.807, 2.05) is 19.1 Å². The van der Waals surface area contributed by atoms with Crippen LogP contribution in [0.4, 0.5) is 15.8 Å². The smallest absolute Gasteiger partial charge is 0.260 e. The van der Waals surface area contributed by atoms with Gasteiger partial charge in [0.25, 0.3) is 5.91 Å². The van der Waals surface area contributed by atoms with Gasteiger partial charge in [-0.2, -0.15) is 0 Å². The zero-order valence-corrected chi connectivity index (χ0v) is 13.6. The zero-order valence-electron chi connectivity index (χ0n) is 12.1. The lowest BCUT2D eigenvalue weighted by Crippen LogP contribution is -2.28. The van der Waals surface area contributed by atoms with Crippen LogP contribution in [0.1, 0.15) is 15.9 Å².